The lowest BCUT2D eigenvalue weighted by Gasteiger charge is -2.35. The van der Waals surface area contributed by atoms with E-state index in [2.05, 4.69) is 33.0 Å². The molecule has 0 aliphatic carbocycles. The summed E-state index contributed by atoms with van der Waals surface area (Å²) in [5, 5.41) is 0. The number of nitrogens with zero attached hydrogens (tertiary/aromatic N) is 2. The minimum absolute atomic E-state index is 0.278. The Morgan fingerprint density at radius 2 is 1.73 bits per heavy atom. The van der Waals surface area contributed by atoms with Crippen molar-refractivity contribution in [1.82, 2.24) is 4.31 Å². The lowest BCUT2D eigenvalue weighted by molar-refractivity contribution is 0.314. The first-order chi connectivity index (χ1) is 12.5. The van der Waals surface area contributed by atoms with Crippen molar-refractivity contribution in [3.63, 3.8) is 0 Å². The van der Waals surface area contributed by atoms with Gasteiger partial charge in [-0.2, -0.15) is 4.31 Å². The second-order valence-corrected chi connectivity index (χ2v) is 8.96. The van der Waals surface area contributed by atoms with Gasteiger partial charge in [0, 0.05) is 37.9 Å². The number of hydrogen-bond donors (Lipinski definition) is 0. The second-order valence-electron chi connectivity index (χ2n) is 6.17. The molecule has 0 saturated carbocycles. The Morgan fingerprint density at radius 1 is 1.04 bits per heavy atom. The highest BCUT2D eigenvalue weighted by Crippen LogP contribution is 2.30. The van der Waals surface area contributed by atoms with Crippen LogP contribution in [0.4, 0.5) is 5.69 Å². The molecule has 0 spiro atoms. The van der Waals surface area contributed by atoms with Crippen molar-refractivity contribution >= 4 is 31.6 Å². The maximum absolute atomic E-state index is 13.0. The van der Waals surface area contributed by atoms with Crippen LogP contribution < -0.4 is 9.64 Å². The molecule has 0 aromatic heterocycles. The fourth-order valence-corrected chi connectivity index (χ4v) is 4.74. The molecule has 0 unspecified atom stereocenters. The molecule has 1 aliphatic heterocycles. The number of piperazine rings is 1. The molecule has 1 saturated heterocycles. The van der Waals surface area contributed by atoms with Gasteiger partial charge in [-0.1, -0.05) is 25.1 Å². The van der Waals surface area contributed by atoms with E-state index in [0.29, 0.717) is 38.5 Å². The molecule has 140 valence electrons. The average molecular weight is 439 g/mol. The van der Waals surface area contributed by atoms with E-state index in [4.69, 9.17) is 4.74 Å². The number of benzene rings is 2. The number of sulfonamides is 1. The van der Waals surface area contributed by atoms with Gasteiger partial charge in [0.25, 0.3) is 0 Å². The van der Waals surface area contributed by atoms with E-state index in [-0.39, 0.29) is 4.90 Å². The van der Waals surface area contributed by atoms with Crippen molar-refractivity contribution in [3.8, 4) is 5.75 Å². The molecule has 1 aliphatic rings. The Labute approximate surface area is 163 Å². The molecule has 0 amide bonds. The third-order valence-electron chi connectivity index (χ3n) is 4.36. The summed E-state index contributed by atoms with van der Waals surface area (Å²) in [5.41, 5.74) is 1.13. The monoisotopic (exact) mass is 438 g/mol. The Balaban J connectivity index is 1.73. The topological polar surface area (TPSA) is 49.9 Å². The number of ether oxygens (including phenoxy) is 1. The summed E-state index contributed by atoms with van der Waals surface area (Å²) in [6.45, 7) is 4.87. The van der Waals surface area contributed by atoms with Crippen molar-refractivity contribution in [2.45, 2.75) is 18.2 Å². The van der Waals surface area contributed by atoms with Crippen LogP contribution in [0.25, 0.3) is 0 Å². The summed E-state index contributed by atoms with van der Waals surface area (Å²) in [6, 6.07) is 15.1. The van der Waals surface area contributed by atoms with Gasteiger partial charge >= 0.3 is 0 Å². The summed E-state index contributed by atoms with van der Waals surface area (Å²) < 4.78 is 34.0. The van der Waals surface area contributed by atoms with Gasteiger partial charge in [-0.25, -0.2) is 8.42 Å². The summed E-state index contributed by atoms with van der Waals surface area (Å²) in [4.78, 5) is 2.49. The maximum atomic E-state index is 13.0. The Bertz CT molecular complexity index is 835. The SMILES string of the molecule is CCCOc1cc(S(=O)(=O)N2CCN(c3ccccc3)CC2)ccc1Br. The molecule has 0 radical (unpaired) electrons. The van der Waals surface area contributed by atoms with E-state index in [9.17, 15) is 8.42 Å². The number of rotatable bonds is 6. The molecule has 5 nitrogen and oxygen atoms in total. The van der Waals surface area contributed by atoms with Crippen molar-refractivity contribution in [3.05, 3.63) is 53.0 Å². The molecule has 0 bridgehead atoms. The molecule has 0 N–H and O–H groups in total. The number of hydrogen-bond acceptors (Lipinski definition) is 4. The standard InChI is InChI=1S/C19H23BrN2O3S/c1-2-14-25-19-15-17(8-9-18(19)20)26(23,24)22-12-10-21(11-13-22)16-6-4-3-5-7-16/h3-9,15H,2,10-14H2,1H3. The molecule has 2 aromatic carbocycles. The minimum Gasteiger partial charge on any atom is -0.492 e. The van der Waals surface area contributed by atoms with E-state index in [1.807, 2.05) is 25.1 Å². The first kappa shape index (κ1) is 19.2. The number of para-hydroxylation sites is 1. The van der Waals surface area contributed by atoms with Crippen LogP contribution in [0.1, 0.15) is 13.3 Å². The molecular weight excluding hydrogens is 416 g/mol. The van der Waals surface area contributed by atoms with E-state index >= 15 is 0 Å². The van der Waals surface area contributed by atoms with Gasteiger partial charge in [0.2, 0.25) is 10.0 Å². The minimum atomic E-state index is -3.53. The van der Waals surface area contributed by atoms with E-state index in [1.165, 1.54) is 0 Å². The Morgan fingerprint density at radius 3 is 2.38 bits per heavy atom. The normalized spacial score (nSPS) is 15.8. The van der Waals surface area contributed by atoms with Crippen LogP contribution in [0.2, 0.25) is 0 Å². The number of anilines is 1. The van der Waals surface area contributed by atoms with Crippen LogP contribution in [0.15, 0.2) is 57.9 Å². The van der Waals surface area contributed by atoms with Crippen molar-refractivity contribution in [1.29, 1.82) is 0 Å². The van der Waals surface area contributed by atoms with Crippen LogP contribution in [0.5, 0.6) is 5.75 Å². The third-order valence-corrected chi connectivity index (χ3v) is 6.91. The Kier molecular flexibility index (Phi) is 6.21. The molecule has 7 heteroatoms. The van der Waals surface area contributed by atoms with E-state index < -0.39 is 10.0 Å². The zero-order chi connectivity index (χ0) is 18.6. The molecular formula is C19H23BrN2O3S. The van der Waals surface area contributed by atoms with Gasteiger partial charge in [0.15, 0.2) is 0 Å². The predicted molar refractivity (Wildman–Crippen MR) is 107 cm³/mol. The van der Waals surface area contributed by atoms with Gasteiger partial charge in [-0.15, -0.1) is 0 Å². The highest BCUT2D eigenvalue weighted by molar-refractivity contribution is 9.10. The third kappa shape index (κ3) is 4.22. The second kappa shape index (κ2) is 8.41. The molecule has 2 aromatic rings. The lowest BCUT2D eigenvalue weighted by Crippen LogP contribution is -2.48. The van der Waals surface area contributed by atoms with Gasteiger partial charge in [0.05, 0.1) is 16.0 Å². The van der Waals surface area contributed by atoms with Crippen LogP contribution in [0.3, 0.4) is 0 Å². The molecule has 26 heavy (non-hydrogen) atoms. The van der Waals surface area contributed by atoms with Crippen molar-refractivity contribution < 1.29 is 13.2 Å². The largest absolute Gasteiger partial charge is 0.492 e. The van der Waals surface area contributed by atoms with Gasteiger partial charge < -0.3 is 9.64 Å². The van der Waals surface area contributed by atoms with Crippen molar-refractivity contribution in [2.24, 2.45) is 0 Å². The number of halogens is 1. The summed E-state index contributed by atoms with van der Waals surface area (Å²) in [5.74, 6) is 0.566. The highest BCUT2D eigenvalue weighted by Gasteiger charge is 2.29. The highest BCUT2D eigenvalue weighted by atomic mass is 79.9. The lowest BCUT2D eigenvalue weighted by atomic mass is 10.2. The molecule has 3 rings (SSSR count). The average Bonchev–Trinajstić information content (AvgIpc) is 2.68. The first-order valence-corrected chi connectivity index (χ1v) is 11.0. The molecule has 0 atom stereocenters. The quantitative estimate of drug-likeness (QED) is 0.688. The zero-order valence-electron chi connectivity index (χ0n) is 14.8. The predicted octanol–water partition coefficient (Wildman–Crippen LogP) is 3.75. The van der Waals surface area contributed by atoms with Crippen LogP contribution in [-0.4, -0.2) is 45.5 Å². The molecule has 1 fully saturated rings. The summed E-state index contributed by atoms with van der Waals surface area (Å²) in [6.07, 6.45) is 0.866. The fraction of sp³-hybridized carbons (Fsp3) is 0.368. The summed E-state index contributed by atoms with van der Waals surface area (Å²) >= 11 is 3.42. The van der Waals surface area contributed by atoms with Gasteiger partial charge in [-0.3, -0.25) is 0 Å². The maximum Gasteiger partial charge on any atom is 0.243 e. The zero-order valence-corrected chi connectivity index (χ0v) is 17.2. The summed E-state index contributed by atoms with van der Waals surface area (Å²) in [7, 11) is -3.53. The van der Waals surface area contributed by atoms with Gasteiger partial charge in [0.1, 0.15) is 5.75 Å². The smallest absolute Gasteiger partial charge is 0.243 e. The first-order valence-electron chi connectivity index (χ1n) is 8.75. The van der Waals surface area contributed by atoms with Crippen LogP contribution in [-0.2, 0) is 10.0 Å². The Hall–Kier alpha value is -1.57. The molecule has 1 heterocycles. The van der Waals surface area contributed by atoms with E-state index in [1.54, 1.807) is 22.5 Å². The van der Waals surface area contributed by atoms with Crippen LogP contribution in [0, 0.1) is 0 Å². The van der Waals surface area contributed by atoms with Crippen molar-refractivity contribution in [2.75, 3.05) is 37.7 Å². The van der Waals surface area contributed by atoms with Gasteiger partial charge in [-0.05, 0) is 46.6 Å². The van der Waals surface area contributed by atoms with Crippen LogP contribution >= 0.6 is 15.9 Å². The van der Waals surface area contributed by atoms with E-state index in [0.717, 1.165) is 16.6 Å². The fourth-order valence-electron chi connectivity index (χ4n) is 2.94.